The van der Waals surface area contributed by atoms with Gasteiger partial charge in [-0.05, 0) is 24.1 Å². The van der Waals surface area contributed by atoms with E-state index < -0.39 is 5.41 Å². The smallest absolute Gasteiger partial charge is 0.0957 e. The minimum Gasteiger partial charge on any atom is -0.197 e. The molecule has 0 unspecified atom stereocenters. The summed E-state index contributed by atoms with van der Waals surface area (Å²) in [5.41, 5.74) is 0.394. The van der Waals surface area contributed by atoms with Crippen LogP contribution in [0.15, 0.2) is 24.3 Å². The van der Waals surface area contributed by atoms with E-state index in [-0.39, 0.29) is 0 Å². The zero-order valence-corrected chi connectivity index (χ0v) is 10.9. The highest BCUT2D eigenvalue weighted by Gasteiger charge is 2.30. The molecule has 3 heteroatoms. The molecule has 1 atom stereocenters. The Labute approximate surface area is 107 Å². The average molecular weight is 256 g/mol. The first-order valence-corrected chi connectivity index (χ1v) is 6.33. The van der Waals surface area contributed by atoms with E-state index in [4.69, 9.17) is 23.2 Å². The first kappa shape index (κ1) is 13.4. The Kier molecular flexibility index (Phi) is 5.12. The number of hydrogen-bond donors (Lipinski definition) is 0. The largest absolute Gasteiger partial charge is 0.197 e. The van der Waals surface area contributed by atoms with Gasteiger partial charge in [-0.25, -0.2) is 0 Å². The molecule has 0 aliphatic heterocycles. The average Bonchev–Trinajstić information content (AvgIpc) is 2.33. The van der Waals surface area contributed by atoms with E-state index in [9.17, 15) is 5.26 Å². The molecule has 0 aliphatic rings. The molecule has 16 heavy (non-hydrogen) atoms. The standard InChI is InChI=1S/C13H15Cl2N/c1-2-3-8-13(9-14,10-16)11-4-6-12(15)7-5-11/h4-7H,2-3,8-9H2,1H3/t13-/m0/s1. The predicted octanol–water partition coefficient (Wildman–Crippen LogP) is 4.53. The summed E-state index contributed by atoms with van der Waals surface area (Å²) in [6, 6.07) is 9.76. The number of alkyl halides is 1. The molecule has 0 aliphatic carbocycles. The Bertz CT molecular complexity index is 367. The molecule has 1 nitrogen and oxygen atoms in total. The van der Waals surface area contributed by atoms with Gasteiger partial charge in [0.2, 0.25) is 0 Å². The van der Waals surface area contributed by atoms with Crippen LogP contribution in [0.1, 0.15) is 31.7 Å². The van der Waals surface area contributed by atoms with Crippen molar-refractivity contribution in [2.75, 3.05) is 5.88 Å². The van der Waals surface area contributed by atoms with E-state index in [1.165, 1.54) is 0 Å². The molecule has 0 amide bonds. The SMILES string of the molecule is CCCC[C@@](C#N)(CCl)c1ccc(Cl)cc1. The van der Waals surface area contributed by atoms with Crippen molar-refractivity contribution in [3.05, 3.63) is 34.9 Å². The number of hydrogen-bond acceptors (Lipinski definition) is 1. The molecule has 0 spiro atoms. The summed E-state index contributed by atoms with van der Waals surface area (Å²) in [6.07, 6.45) is 2.86. The number of benzene rings is 1. The van der Waals surface area contributed by atoms with E-state index in [2.05, 4.69) is 13.0 Å². The maximum atomic E-state index is 9.36. The fraction of sp³-hybridized carbons (Fsp3) is 0.462. The number of rotatable bonds is 5. The van der Waals surface area contributed by atoms with Gasteiger partial charge in [-0.1, -0.05) is 43.5 Å². The minimum atomic E-state index is -0.567. The van der Waals surface area contributed by atoms with Gasteiger partial charge in [0.25, 0.3) is 0 Å². The summed E-state index contributed by atoms with van der Waals surface area (Å²) in [6.45, 7) is 2.11. The van der Waals surface area contributed by atoms with Crippen LogP contribution in [0, 0.1) is 11.3 Å². The second kappa shape index (κ2) is 6.13. The molecule has 0 bridgehead atoms. The van der Waals surface area contributed by atoms with Gasteiger partial charge in [0.15, 0.2) is 0 Å². The number of nitrogens with zero attached hydrogens (tertiary/aromatic N) is 1. The Hall–Kier alpha value is -0.710. The van der Waals surface area contributed by atoms with Gasteiger partial charge < -0.3 is 0 Å². The second-order valence-corrected chi connectivity index (χ2v) is 4.64. The van der Waals surface area contributed by atoms with Crippen LogP contribution in [0.5, 0.6) is 0 Å². The highest BCUT2D eigenvalue weighted by atomic mass is 35.5. The van der Waals surface area contributed by atoms with Crippen molar-refractivity contribution in [1.29, 1.82) is 5.26 Å². The fourth-order valence-corrected chi connectivity index (χ4v) is 2.16. The van der Waals surface area contributed by atoms with E-state index >= 15 is 0 Å². The summed E-state index contributed by atoms with van der Waals surface area (Å²) in [7, 11) is 0. The van der Waals surface area contributed by atoms with E-state index in [0.29, 0.717) is 10.9 Å². The van der Waals surface area contributed by atoms with Crippen molar-refractivity contribution in [1.82, 2.24) is 0 Å². The third-order valence-electron chi connectivity index (χ3n) is 2.80. The Morgan fingerprint density at radius 3 is 2.38 bits per heavy atom. The van der Waals surface area contributed by atoms with Crippen LogP contribution in [0.25, 0.3) is 0 Å². The molecule has 0 saturated carbocycles. The molecule has 0 saturated heterocycles. The summed E-state index contributed by atoms with van der Waals surface area (Å²) in [4.78, 5) is 0. The maximum absolute atomic E-state index is 9.36. The quantitative estimate of drug-likeness (QED) is 0.710. The topological polar surface area (TPSA) is 23.8 Å². The van der Waals surface area contributed by atoms with Crippen molar-refractivity contribution < 1.29 is 0 Å². The summed E-state index contributed by atoms with van der Waals surface area (Å²) in [5.74, 6) is 0.325. The normalized spacial score (nSPS) is 14.1. The molecule has 1 aromatic carbocycles. The molecule has 0 radical (unpaired) electrons. The van der Waals surface area contributed by atoms with Crippen LogP contribution < -0.4 is 0 Å². The van der Waals surface area contributed by atoms with Gasteiger partial charge >= 0.3 is 0 Å². The monoisotopic (exact) mass is 255 g/mol. The first-order chi connectivity index (χ1) is 7.68. The van der Waals surface area contributed by atoms with Crippen LogP contribution in [0.4, 0.5) is 0 Å². The number of unbranched alkanes of at least 4 members (excludes halogenated alkanes) is 1. The molecule has 0 aromatic heterocycles. The lowest BCUT2D eigenvalue weighted by molar-refractivity contribution is 0.527. The van der Waals surface area contributed by atoms with Gasteiger partial charge in [-0.15, -0.1) is 11.6 Å². The van der Waals surface area contributed by atoms with Gasteiger partial charge in [-0.3, -0.25) is 0 Å². The molecule has 1 rings (SSSR count). The number of halogens is 2. The van der Waals surface area contributed by atoms with Crippen LogP contribution in [0.2, 0.25) is 5.02 Å². The Morgan fingerprint density at radius 1 is 1.31 bits per heavy atom. The third-order valence-corrected chi connectivity index (χ3v) is 3.50. The highest BCUT2D eigenvalue weighted by Crippen LogP contribution is 2.31. The van der Waals surface area contributed by atoms with Crippen LogP contribution in [0.3, 0.4) is 0 Å². The Balaban J connectivity index is 3.01. The molecule has 0 heterocycles. The first-order valence-electron chi connectivity index (χ1n) is 5.42. The van der Waals surface area contributed by atoms with Crippen LogP contribution >= 0.6 is 23.2 Å². The van der Waals surface area contributed by atoms with Gasteiger partial charge in [-0.2, -0.15) is 5.26 Å². The van der Waals surface area contributed by atoms with Gasteiger partial charge in [0, 0.05) is 10.9 Å². The third kappa shape index (κ3) is 2.90. The van der Waals surface area contributed by atoms with Gasteiger partial charge in [0.05, 0.1) is 11.5 Å². The summed E-state index contributed by atoms with van der Waals surface area (Å²) < 4.78 is 0. The summed E-state index contributed by atoms with van der Waals surface area (Å²) in [5, 5.41) is 10.0. The van der Waals surface area contributed by atoms with Crippen LogP contribution in [-0.2, 0) is 5.41 Å². The van der Waals surface area contributed by atoms with Crippen molar-refractivity contribution in [2.45, 2.75) is 31.6 Å². The van der Waals surface area contributed by atoms with E-state index in [1.54, 1.807) is 0 Å². The zero-order chi connectivity index (χ0) is 12.0. The predicted molar refractivity (Wildman–Crippen MR) is 69.0 cm³/mol. The van der Waals surface area contributed by atoms with E-state index in [0.717, 1.165) is 24.8 Å². The minimum absolute atomic E-state index is 0.325. The van der Waals surface area contributed by atoms with E-state index in [1.807, 2.05) is 24.3 Å². The van der Waals surface area contributed by atoms with Gasteiger partial charge in [0.1, 0.15) is 0 Å². The van der Waals surface area contributed by atoms with Crippen LogP contribution in [-0.4, -0.2) is 5.88 Å². The van der Waals surface area contributed by atoms with Crippen molar-refractivity contribution in [3.63, 3.8) is 0 Å². The molecular formula is C13H15Cl2N. The molecule has 86 valence electrons. The summed E-state index contributed by atoms with van der Waals surface area (Å²) >= 11 is 11.8. The Morgan fingerprint density at radius 2 is 1.94 bits per heavy atom. The molecule has 0 fully saturated rings. The maximum Gasteiger partial charge on any atom is 0.0957 e. The second-order valence-electron chi connectivity index (χ2n) is 3.94. The zero-order valence-electron chi connectivity index (χ0n) is 9.34. The van der Waals surface area contributed by atoms with Crippen molar-refractivity contribution in [3.8, 4) is 6.07 Å². The van der Waals surface area contributed by atoms with Crippen molar-refractivity contribution >= 4 is 23.2 Å². The fourth-order valence-electron chi connectivity index (χ4n) is 1.69. The lowest BCUT2D eigenvalue weighted by Crippen LogP contribution is -2.26. The molecular weight excluding hydrogens is 241 g/mol. The molecule has 0 N–H and O–H groups in total. The lowest BCUT2D eigenvalue weighted by atomic mass is 9.79. The number of nitriles is 1. The lowest BCUT2D eigenvalue weighted by Gasteiger charge is -2.24. The molecule has 1 aromatic rings. The highest BCUT2D eigenvalue weighted by molar-refractivity contribution is 6.30. The van der Waals surface area contributed by atoms with Crippen molar-refractivity contribution in [2.24, 2.45) is 0 Å².